The van der Waals surface area contributed by atoms with Crippen LogP contribution in [0, 0.1) is 5.92 Å². The normalized spacial score (nSPS) is 15.2. The molecule has 0 bridgehead atoms. The van der Waals surface area contributed by atoms with E-state index in [0.29, 0.717) is 47.0 Å². The molecular formula is C31H31N3O5. The summed E-state index contributed by atoms with van der Waals surface area (Å²) in [6, 6.07) is 20.3. The fourth-order valence-electron chi connectivity index (χ4n) is 4.80. The predicted molar refractivity (Wildman–Crippen MR) is 149 cm³/mol. The Kier molecular flexibility index (Phi) is 7.72. The molecule has 0 saturated carbocycles. The molecule has 1 aliphatic heterocycles. The van der Waals surface area contributed by atoms with Gasteiger partial charge < -0.3 is 19.1 Å². The number of aromatic nitrogens is 2. The smallest absolute Gasteiger partial charge is 0.338 e. The number of carbonyl (C=O) groups excluding carboxylic acids is 2. The Bertz CT molecular complexity index is 1490. The number of hydrogen-bond donors (Lipinski definition) is 0. The Morgan fingerprint density at radius 3 is 2.00 bits per heavy atom. The first-order valence-corrected chi connectivity index (χ1v) is 13.0. The number of carbonyl (C=O) groups is 2. The highest BCUT2D eigenvalue weighted by Crippen LogP contribution is 2.33. The largest absolute Gasteiger partial charge is 0.497 e. The van der Waals surface area contributed by atoms with Gasteiger partial charge in [0.1, 0.15) is 11.5 Å². The quantitative estimate of drug-likeness (QED) is 0.299. The van der Waals surface area contributed by atoms with Crippen LogP contribution in [0.1, 0.15) is 30.1 Å². The van der Waals surface area contributed by atoms with Gasteiger partial charge in [0.2, 0.25) is 0 Å². The molecule has 3 aromatic carbocycles. The van der Waals surface area contributed by atoms with Crippen molar-refractivity contribution in [3.63, 3.8) is 0 Å². The number of fused-ring (bicyclic) bond motifs is 1. The number of nitrogens with zero attached hydrogens (tertiary/aromatic N) is 3. The predicted octanol–water partition coefficient (Wildman–Crippen LogP) is 5.40. The van der Waals surface area contributed by atoms with E-state index in [1.54, 1.807) is 37.3 Å². The van der Waals surface area contributed by atoms with Crippen molar-refractivity contribution in [1.82, 2.24) is 14.9 Å². The van der Waals surface area contributed by atoms with Crippen LogP contribution < -0.4 is 9.47 Å². The Balaban J connectivity index is 1.45. The molecule has 1 aliphatic rings. The number of likely N-dealkylation sites (tertiary alicyclic amines) is 1. The SMILES string of the molecule is COc1ccc(-c2nc3ccc(C(=O)OCC(=O)N4CCCC(C)C4)cc3nc2-c2ccc(OC)cc2)cc1. The lowest BCUT2D eigenvalue weighted by molar-refractivity contribution is -0.136. The highest BCUT2D eigenvalue weighted by molar-refractivity contribution is 5.96. The summed E-state index contributed by atoms with van der Waals surface area (Å²) in [5, 5.41) is 0. The molecule has 1 aromatic heterocycles. The van der Waals surface area contributed by atoms with Gasteiger partial charge in [0.05, 0.1) is 42.2 Å². The van der Waals surface area contributed by atoms with E-state index in [-0.39, 0.29) is 12.5 Å². The molecule has 8 heteroatoms. The number of methoxy groups -OCH3 is 2. The molecule has 1 fully saturated rings. The van der Waals surface area contributed by atoms with Gasteiger partial charge in [-0.05, 0) is 85.5 Å². The molecule has 1 atom stereocenters. The van der Waals surface area contributed by atoms with Crippen molar-refractivity contribution in [2.24, 2.45) is 5.92 Å². The van der Waals surface area contributed by atoms with E-state index in [9.17, 15) is 9.59 Å². The minimum atomic E-state index is -0.567. The molecule has 4 aromatic rings. The van der Waals surface area contributed by atoms with Gasteiger partial charge in [-0.2, -0.15) is 0 Å². The maximum absolute atomic E-state index is 12.8. The molecule has 0 spiro atoms. The molecule has 0 N–H and O–H groups in total. The zero-order valence-corrected chi connectivity index (χ0v) is 22.3. The van der Waals surface area contributed by atoms with Gasteiger partial charge in [-0.3, -0.25) is 4.79 Å². The van der Waals surface area contributed by atoms with E-state index in [1.807, 2.05) is 48.5 Å². The molecule has 0 radical (unpaired) electrons. The van der Waals surface area contributed by atoms with Crippen LogP contribution in [0.5, 0.6) is 11.5 Å². The lowest BCUT2D eigenvalue weighted by atomic mass is 10.0. The molecular weight excluding hydrogens is 494 g/mol. The van der Waals surface area contributed by atoms with Crippen molar-refractivity contribution in [1.29, 1.82) is 0 Å². The average Bonchev–Trinajstić information content (AvgIpc) is 2.98. The second-order valence-corrected chi connectivity index (χ2v) is 9.74. The van der Waals surface area contributed by atoms with Crippen LogP contribution in [-0.2, 0) is 9.53 Å². The van der Waals surface area contributed by atoms with E-state index in [4.69, 9.17) is 24.2 Å². The third-order valence-corrected chi connectivity index (χ3v) is 6.96. The summed E-state index contributed by atoms with van der Waals surface area (Å²) in [5.41, 5.74) is 4.59. The van der Waals surface area contributed by atoms with Crippen LogP contribution in [0.15, 0.2) is 66.7 Å². The molecule has 1 unspecified atom stereocenters. The standard InChI is InChI=1S/C31H31N3O5/c1-20-5-4-16-34(18-20)28(35)19-39-31(36)23-10-15-26-27(17-23)33-30(22-8-13-25(38-3)14-9-22)29(32-26)21-6-11-24(37-2)12-7-21/h6-15,17,20H,4-5,16,18-19H2,1-3H3. The van der Waals surface area contributed by atoms with Gasteiger partial charge in [0, 0.05) is 24.2 Å². The first kappa shape index (κ1) is 26.2. The maximum Gasteiger partial charge on any atom is 0.338 e. The van der Waals surface area contributed by atoms with E-state index in [0.717, 1.165) is 35.5 Å². The summed E-state index contributed by atoms with van der Waals surface area (Å²) in [7, 11) is 3.25. The Morgan fingerprint density at radius 2 is 1.44 bits per heavy atom. The lowest BCUT2D eigenvalue weighted by Crippen LogP contribution is -2.41. The van der Waals surface area contributed by atoms with Crippen molar-refractivity contribution in [3.05, 3.63) is 72.3 Å². The topological polar surface area (TPSA) is 90.9 Å². The van der Waals surface area contributed by atoms with Gasteiger partial charge in [-0.1, -0.05) is 6.92 Å². The summed E-state index contributed by atoms with van der Waals surface area (Å²) in [4.78, 5) is 37.0. The lowest BCUT2D eigenvalue weighted by Gasteiger charge is -2.30. The third kappa shape index (κ3) is 5.85. The van der Waals surface area contributed by atoms with Gasteiger partial charge in [-0.25, -0.2) is 14.8 Å². The number of hydrogen-bond acceptors (Lipinski definition) is 7. The average molecular weight is 526 g/mol. The zero-order chi connectivity index (χ0) is 27.4. The number of piperidine rings is 1. The van der Waals surface area contributed by atoms with E-state index in [2.05, 4.69) is 6.92 Å². The number of ether oxygens (including phenoxy) is 3. The molecule has 5 rings (SSSR count). The summed E-state index contributed by atoms with van der Waals surface area (Å²) in [6.07, 6.45) is 2.08. The van der Waals surface area contributed by atoms with Crippen molar-refractivity contribution in [3.8, 4) is 34.0 Å². The van der Waals surface area contributed by atoms with E-state index >= 15 is 0 Å². The third-order valence-electron chi connectivity index (χ3n) is 6.96. The molecule has 8 nitrogen and oxygen atoms in total. The molecule has 1 saturated heterocycles. The van der Waals surface area contributed by atoms with Gasteiger partial charge in [-0.15, -0.1) is 0 Å². The first-order chi connectivity index (χ1) is 18.9. The van der Waals surface area contributed by atoms with E-state index < -0.39 is 5.97 Å². The zero-order valence-electron chi connectivity index (χ0n) is 22.3. The van der Waals surface area contributed by atoms with Crippen LogP contribution >= 0.6 is 0 Å². The van der Waals surface area contributed by atoms with Crippen LogP contribution in [-0.4, -0.2) is 60.7 Å². The molecule has 200 valence electrons. The van der Waals surface area contributed by atoms with Crippen LogP contribution in [0.2, 0.25) is 0 Å². The van der Waals surface area contributed by atoms with Crippen LogP contribution in [0.25, 0.3) is 33.5 Å². The Labute approximate surface area is 227 Å². The molecule has 1 amide bonds. The second-order valence-electron chi connectivity index (χ2n) is 9.74. The molecule has 39 heavy (non-hydrogen) atoms. The monoisotopic (exact) mass is 525 g/mol. The summed E-state index contributed by atoms with van der Waals surface area (Å²) in [6.45, 7) is 3.26. The van der Waals surface area contributed by atoms with Crippen molar-refractivity contribution < 1.29 is 23.8 Å². The van der Waals surface area contributed by atoms with Gasteiger partial charge in [0.15, 0.2) is 6.61 Å². The fraction of sp³-hybridized carbons (Fsp3) is 0.290. The first-order valence-electron chi connectivity index (χ1n) is 13.0. The van der Waals surface area contributed by atoms with Gasteiger partial charge >= 0.3 is 5.97 Å². The number of benzene rings is 3. The second kappa shape index (κ2) is 11.5. The highest BCUT2D eigenvalue weighted by atomic mass is 16.5. The van der Waals surface area contributed by atoms with Crippen LogP contribution in [0.3, 0.4) is 0 Å². The Morgan fingerprint density at radius 1 is 0.846 bits per heavy atom. The molecule has 0 aliphatic carbocycles. The van der Waals surface area contributed by atoms with Gasteiger partial charge in [0.25, 0.3) is 5.91 Å². The van der Waals surface area contributed by atoms with Crippen molar-refractivity contribution in [2.45, 2.75) is 19.8 Å². The van der Waals surface area contributed by atoms with Crippen LogP contribution in [0.4, 0.5) is 0 Å². The van der Waals surface area contributed by atoms with Crippen molar-refractivity contribution in [2.75, 3.05) is 33.9 Å². The number of esters is 1. The Hall–Kier alpha value is -4.46. The maximum atomic E-state index is 12.8. The van der Waals surface area contributed by atoms with Crippen molar-refractivity contribution >= 4 is 22.9 Å². The summed E-state index contributed by atoms with van der Waals surface area (Å²) < 4.78 is 16.0. The summed E-state index contributed by atoms with van der Waals surface area (Å²) >= 11 is 0. The number of rotatable bonds is 7. The highest BCUT2D eigenvalue weighted by Gasteiger charge is 2.22. The minimum absolute atomic E-state index is 0.165. The molecule has 2 heterocycles. The van der Waals surface area contributed by atoms with E-state index in [1.165, 1.54) is 0 Å². The number of amides is 1. The summed E-state index contributed by atoms with van der Waals surface area (Å²) in [5.74, 6) is 1.20. The minimum Gasteiger partial charge on any atom is -0.497 e. The fourth-order valence-corrected chi connectivity index (χ4v) is 4.80.